The lowest BCUT2D eigenvalue weighted by Gasteiger charge is -2.53. The Bertz CT molecular complexity index is 1930. The van der Waals surface area contributed by atoms with Gasteiger partial charge in [0.05, 0.1) is 30.2 Å². The molecule has 5 fully saturated rings. The van der Waals surface area contributed by atoms with Gasteiger partial charge in [-0.15, -0.1) is 0 Å². The lowest BCUT2D eigenvalue weighted by molar-refractivity contribution is -0.137. The van der Waals surface area contributed by atoms with Crippen molar-refractivity contribution in [2.45, 2.75) is 109 Å². The zero-order valence-electron chi connectivity index (χ0n) is 27.7. The van der Waals surface area contributed by atoms with Gasteiger partial charge >= 0.3 is 0 Å². The second-order valence-electron chi connectivity index (χ2n) is 15.4. The number of ether oxygens (including phenoxy) is 1. The van der Waals surface area contributed by atoms with Gasteiger partial charge in [-0.3, -0.25) is 14.0 Å². The first-order valence-corrected chi connectivity index (χ1v) is 17.7. The third kappa shape index (κ3) is 4.61. The number of pyridine rings is 2. The molecule has 3 aliphatic carbocycles. The summed E-state index contributed by atoms with van der Waals surface area (Å²) in [5.74, 6) is 1.51. The minimum atomic E-state index is -0.171. The number of methoxy groups -OCH3 is 1. The molecule has 2 amide bonds. The van der Waals surface area contributed by atoms with Gasteiger partial charge in [-0.25, -0.2) is 9.97 Å². The smallest absolute Gasteiger partial charge is 0.254 e. The lowest BCUT2D eigenvalue weighted by atomic mass is 9.51. The van der Waals surface area contributed by atoms with E-state index in [0.717, 1.165) is 72.5 Å². The van der Waals surface area contributed by atoms with Crippen molar-refractivity contribution in [3.63, 3.8) is 0 Å². The second-order valence-corrected chi connectivity index (χ2v) is 15.4. The van der Waals surface area contributed by atoms with Crippen molar-refractivity contribution in [2.75, 3.05) is 7.11 Å². The number of hydrogen-bond donors (Lipinski definition) is 2. The van der Waals surface area contributed by atoms with Crippen molar-refractivity contribution in [1.82, 2.24) is 29.2 Å². The number of imidazole rings is 1. The largest absolute Gasteiger partial charge is 0.482 e. The van der Waals surface area contributed by atoms with Gasteiger partial charge < -0.3 is 25.3 Å². The topological polar surface area (TPSA) is 120 Å². The molecule has 2 saturated heterocycles. The van der Waals surface area contributed by atoms with Crippen LogP contribution in [0.4, 0.5) is 0 Å². The number of carbonyl (C=O) groups excluding carboxylic acids is 2. The number of fused-ring (bicyclic) bond motifs is 4. The summed E-state index contributed by atoms with van der Waals surface area (Å²) < 4.78 is 10.2. The van der Waals surface area contributed by atoms with E-state index in [1.165, 1.54) is 32.1 Å². The number of hydrogen-bond acceptors (Lipinski definition) is 6. The molecule has 0 radical (unpaired) electrons. The maximum Gasteiger partial charge on any atom is 0.254 e. The van der Waals surface area contributed by atoms with E-state index >= 15 is 0 Å². The summed E-state index contributed by atoms with van der Waals surface area (Å²) in [6.07, 6.45) is 11.2. The summed E-state index contributed by atoms with van der Waals surface area (Å²) in [6.45, 7) is 4.97. The fourth-order valence-corrected chi connectivity index (χ4v) is 9.28. The van der Waals surface area contributed by atoms with E-state index in [4.69, 9.17) is 20.4 Å². The molecule has 0 aromatic carbocycles. The summed E-state index contributed by atoms with van der Waals surface area (Å²) in [6, 6.07) is 10.3. The van der Waals surface area contributed by atoms with Gasteiger partial charge in [0.25, 0.3) is 5.91 Å². The molecule has 10 nitrogen and oxygen atoms in total. The van der Waals surface area contributed by atoms with Crippen molar-refractivity contribution in [2.24, 2.45) is 23.0 Å². The van der Waals surface area contributed by atoms with Gasteiger partial charge in [0.1, 0.15) is 17.0 Å². The first-order chi connectivity index (χ1) is 22.7. The molecule has 10 heteroatoms. The molecular weight excluding hydrogens is 590 g/mol. The average Bonchev–Trinajstić information content (AvgIpc) is 3.34. The summed E-state index contributed by atoms with van der Waals surface area (Å²) in [4.78, 5) is 39.2. The van der Waals surface area contributed by atoms with Crippen LogP contribution in [0, 0.1) is 24.2 Å². The number of aromatic nitrogens is 4. The van der Waals surface area contributed by atoms with Crippen LogP contribution in [-0.4, -0.2) is 60.9 Å². The molecular formula is C37H45N7O3. The van der Waals surface area contributed by atoms with Crippen LogP contribution in [0.1, 0.15) is 98.9 Å². The van der Waals surface area contributed by atoms with Gasteiger partial charge in [0.15, 0.2) is 5.88 Å². The van der Waals surface area contributed by atoms with Crippen molar-refractivity contribution in [3.05, 3.63) is 47.3 Å². The van der Waals surface area contributed by atoms with Crippen LogP contribution in [0.3, 0.4) is 0 Å². The highest BCUT2D eigenvalue weighted by Gasteiger charge is 2.51. The molecule has 4 atom stereocenters. The Labute approximate surface area is 275 Å². The number of nitrogens with two attached hydrogens (primary N) is 1. The molecule has 9 rings (SSSR count). The van der Waals surface area contributed by atoms with Gasteiger partial charge in [-0.05, 0) is 107 Å². The van der Waals surface area contributed by atoms with E-state index in [-0.39, 0.29) is 41.9 Å². The van der Waals surface area contributed by atoms with Crippen LogP contribution in [0.2, 0.25) is 0 Å². The van der Waals surface area contributed by atoms with E-state index < -0.39 is 0 Å². The number of rotatable bonds is 8. The highest BCUT2D eigenvalue weighted by molar-refractivity contribution is 5.97. The van der Waals surface area contributed by atoms with E-state index in [2.05, 4.69) is 28.9 Å². The summed E-state index contributed by atoms with van der Waals surface area (Å²) in [7, 11) is 1.64. The zero-order valence-corrected chi connectivity index (χ0v) is 27.7. The summed E-state index contributed by atoms with van der Waals surface area (Å²) in [5.41, 5.74) is 12.7. The van der Waals surface area contributed by atoms with Crippen LogP contribution in [0.25, 0.3) is 28.1 Å². The lowest BCUT2D eigenvalue weighted by Crippen LogP contribution is -2.49. The molecule has 246 valence electrons. The van der Waals surface area contributed by atoms with Gasteiger partial charge in [0, 0.05) is 47.6 Å². The third-order valence-corrected chi connectivity index (χ3v) is 12.3. The second kappa shape index (κ2) is 10.5. The fraction of sp³-hybridized carbons (Fsp3) is 0.568. The molecule has 0 unspecified atom stereocenters. The first-order valence-electron chi connectivity index (χ1n) is 17.7. The molecule has 6 heterocycles. The standard InChI is InChI=1S/C37H45N7O3/c1-20(39-35(45)25-17-37(18-25)11-4-12-37)28-9-7-23-13-30(42(34(23)40-28)19-22-5-6-22)33-21(2)43-31(41-33)14-24(15-32(43)47-3)36(46)44-26-8-10-29(44)27(38)16-26/h7,9,13-15,20,22,25-27,29H,4-6,8,10-12,16-19,38H2,1-3H3,(H,39,45)/t20-,26+,27-,29-/m1/s1. The van der Waals surface area contributed by atoms with Crippen molar-refractivity contribution >= 4 is 28.5 Å². The average molecular weight is 636 g/mol. The van der Waals surface area contributed by atoms with Gasteiger partial charge in [-0.1, -0.05) is 6.42 Å². The van der Waals surface area contributed by atoms with E-state index in [1.54, 1.807) is 7.11 Å². The fourth-order valence-electron chi connectivity index (χ4n) is 9.28. The molecule has 2 aliphatic heterocycles. The molecule has 4 aromatic rings. The Morgan fingerprint density at radius 3 is 2.57 bits per heavy atom. The molecule has 3 N–H and O–H groups in total. The van der Waals surface area contributed by atoms with Crippen LogP contribution in [-0.2, 0) is 11.3 Å². The monoisotopic (exact) mass is 635 g/mol. The molecule has 5 aliphatic rings. The quantitative estimate of drug-likeness (QED) is 0.263. The Morgan fingerprint density at radius 1 is 1.11 bits per heavy atom. The highest BCUT2D eigenvalue weighted by atomic mass is 16.5. The number of nitrogens with zero attached hydrogens (tertiary/aromatic N) is 5. The first kappa shape index (κ1) is 29.2. The number of aryl methyl sites for hydroxylation is 1. The van der Waals surface area contributed by atoms with E-state index in [0.29, 0.717) is 28.4 Å². The molecule has 1 spiro atoms. The maximum absolute atomic E-state index is 13.8. The Kier molecular flexibility index (Phi) is 6.56. The molecule has 2 bridgehead atoms. The van der Waals surface area contributed by atoms with Crippen LogP contribution < -0.4 is 15.8 Å². The predicted octanol–water partition coefficient (Wildman–Crippen LogP) is 5.54. The highest BCUT2D eigenvalue weighted by Crippen LogP contribution is 2.58. The maximum atomic E-state index is 13.8. The molecule has 47 heavy (non-hydrogen) atoms. The normalized spacial score (nSPS) is 25.4. The summed E-state index contributed by atoms with van der Waals surface area (Å²) >= 11 is 0. The van der Waals surface area contributed by atoms with Crippen LogP contribution in [0.5, 0.6) is 5.88 Å². The van der Waals surface area contributed by atoms with Gasteiger partial charge in [-0.2, -0.15) is 0 Å². The van der Waals surface area contributed by atoms with Crippen molar-refractivity contribution in [1.29, 1.82) is 0 Å². The van der Waals surface area contributed by atoms with Crippen molar-refractivity contribution < 1.29 is 14.3 Å². The van der Waals surface area contributed by atoms with Crippen LogP contribution in [0.15, 0.2) is 30.3 Å². The minimum absolute atomic E-state index is 0.00842. The van der Waals surface area contributed by atoms with Crippen LogP contribution >= 0.6 is 0 Å². The Hall–Kier alpha value is -3.92. The van der Waals surface area contributed by atoms with E-state index in [9.17, 15) is 9.59 Å². The summed E-state index contributed by atoms with van der Waals surface area (Å²) in [5, 5.41) is 4.32. The minimum Gasteiger partial charge on any atom is -0.482 e. The Balaban J connectivity index is 1.05. The predicted molar refractivity (Wildman–Crippen MR) is 179 cm³/mol. The van der Waals surface area contributed by atoms with E-state index in [1.807, 2.05) is 34.4 Å². The number of nitrogens with one attached hydrogen (secondary N) is 1. The Morgan fingerprint density at radius 2 is 1.91 bits per heavy atom. The zero-order chi connectivity index (χ0) is 32.2. The third-order valence-electron chi connectivity index (χ3n) is 12.3. The SMILES string of the molecule is COc1cc(C(=O)N2[C@H]3CC[C@@H]2[C@H](N)C3)cc2nc(-c3cc4ccc([C@@H](C)NC(=O)C5CC6(CCC6)C5)nc4n3CC3CC3)c(C)n12. The number of carbonyl (C=O) groups is 2. The molecule has 3 saturated carbocycles. The molecule has 4 aromatic heterocycles. The number of amides is 2. The van der Waals surface area contributed by atoms with Crippen molar-refractivity contribution in [3.8, 4) is 17.3 Å². The van der Waals surface area contributed by atoms with Gasteiger partial charge in [0.2, 0.25) is 5.91 Å².